The van der Waals surface area contributed by atoms with E-state index in [4.69, 9.17) is 10.00 Å². The summed E-state index contributed by atoms with van der Waals surface area (Å²) in [6.45, 7) is 4.70. The van der Waals surface area contributed by atoms with E-state index in [2.05, 4.69) is 26.0 Å². The molecule has 4 rings (SSSR count). The van der Waals surface area contributed by atoms with Gasteiger partial charge in [0.15, 0.2) is 11.6 Å². The predicted octanol–water partition coefficient (Wildman–Crippen LogP) is 2.42. The number of nitrogens with zero attached hydrogens (tertiary/aromatic N) is 6. The summed E-state index contributed by atoms with van der Waals surface area (Å²) in [5.41, 5.74) is 3.02. The van der Waals surface area contributed by atoms with Crippen molar-refractivity contribution in [3.05, 3.63) is 54.0 Å². The lowest BCUT2D eigenvalue weighted by molar-refractivity contribution is 0.122. The van der Waals surface area contributed by atoms with Crippen LogP contribution in [0.3, 0.4) is 0 Å². The summed E-state index contributed by atoms with van der Waals surface area (Å²) in [6.07, 6.45) is 0.718. The molecule has 0 radical (unpaired) electrons. The number of aliphatic hydroxyl groups excluding tert-OH is 1. The zero-order valence-corrected chi connectivity index (χ0v) is 16.2. The van der Waals surface area contributed by atoms with Crippen molar-refractivity contribution in [1.29, 1.82) is 5.26 Å². The maximum Gasteiger partial charge on any atom is 0.162 e. The molecule has 1 aromatic carbocycles. The van der Waals surface area contributed by atoms with Gasteiger partial charge in [-0.2, -0.15) is 10.4 Å². The van der Waals surface area contributed by atoms with Gasteiger partial charge in [0.25, 0.3) is 0 Å². The Kier molecular flexibility index (Phi) is 5.51. The van der Waals surface area contributed by atoms with Gasteiger partial charge in [-0.3, -0.25) is 0 Å². The molecule has 0 aliphatic carbocycles. The van der Waals surface area contributed by atoms with Crippen molar-refractivity contribution in [2.75, 3.05) is 31.2 Å². The van der Waals surface area contributed by atoms with Crippen molar-refractivity contribution in [2.24, 2.45) is 0 Å². The molecule has 8 nitrogen and oxygen atoms in total. The monoisotopic (exact) mass is 390 g/mol. The average Bonchev–Trinajstić information content (AvgIpc) is 3.25. The van der Waals surface area contributed by atoms with Gasteiger partial charge in [0.2, 0.25) is 0 Å². The van der Waals surface area contributed by atoms with Crippen molar-refractivity contribution < 1.29 is 9.84 Å². The molecule has 8 heteroatoms. The molecule has 1 unspecified atom stereocenters. The molecule has 1 saturated heterocycles. The van der Waals surface area contributed by atoms with Crippen LogP contribution in [0.5, 0.6) is 0 Å². The van der Waals surface area contributed by atoms with Crippen LogP contribution < -0.4 is 4.90 Å². The van der Waals surface area contributed by atoms with E-state index < -0.39 is 6.10 Å². The van der Waals surface area contributed by atoms with E-state index in [1.54, 1.807) is 4.68 Å². The molecule has 1 fully saturated rings. The summed E-state index contributed by atoms with van der Waals surface area (Å²) < 4.78 is 7.09. The number of ether oxygens (including phenoxy) is 1. The Balaban J connectivity index is 1.72. The van der Waals surface area contributed by atoms with Gasteiger partial charge in [-0.25, -0.2) is 14.6 Å². The topological polar surface area (TPSA) is 100 Å². The van der Waals surface area contributed by atoms with Crippen LogP contribution in [0.15, 0.2) is 42.6 Å². The van der Waals surface area contributed by atoms with Crippen molar-refractivity contribution in [3.63, 3.8) is 0 Å². The van der Waals surface area contributed by atoms with Gasteiger partial charge in [-0.15, -0.1) is 0 Å². The number of morpholine rings is 1. The van der Waals surface area contributed by atoms with Crippen LogP contribution in [-0.4, -0.2) is 51.2 Å². The largest absolute Gasteiger partial charge is 0.384 e. The lowest BCUT2D eigenvalue weighted by Crippen LogP contribution is -2.37. The highest BCUT2D eigenvalue weighted by molar-refractivity contribution is 5.60. The summed E-state index contributed by atoms with van der Waals surface area (Å²) in [5.74, 6) is 1.46. The van der Waals surface area contributed by atoms with Gasteiger partial charge in [0.1, 0.15) is 11.9 Å². The molecular weight excluding hydrogens is 368 g/mol. The van der Waals surface area contributed by atoms with E-state index in [9.17, 15) is 5.11 Å². The zero-order chi connectivity index (χ0) is 20.2. The first-order chi connectivity index (χ1) is 14.1. The highest BCUT2D eigenvalue weighted by Crippen LogP contribution is 2.23. The molecule has 0 bridgehead atoms. The maximum absolute atomic E-state index is 10.3. The number of nitriles is 1. The number of hydrogen-bond donors (Lipinski definition) is 1. The Hall–Kier alpha value is -3.28. The molecule has 29 heavy (non-hydrogen) atoms. The molecular formula is C21H22N6O2. The highest BCUT2D eigenvalue weighted by atomic mass is 16.5. The maximum atomic E-state index is 10.3. The van der Waals surface area contributed by atoms with E-state index in [0.717, 1.165) is 16.8 Å². The minimum atomic E-state index is -1.05. The number of hydrogen-bond acceptors (Lipinski definition) is 7. The van der Waals surface area contributed by atoms with E-state index in [-0.39, 0.29) is 12.2 Å². The lowest BCUT2D eigenvalue weighted by atomic mass is 10.1. The Bertz CT molecular complexity index is 1040. The molecule has 3 aromatic rings. The normalized spacial score (nSPS) is 15.1. The number of aryl methyl sites for hydroxylation is 1. The standard InChI is InChI=1S/C21H22N6O2/c1-15-3-2-4-16(13-15)17-6-8-27(25-17)20-14-19(26-9-11-29-12-10-26)23-21(24-20)18(28)5-7-22/h2-4,6,8,13-14,18,28H,5,9-12H2,1H3. The third kappa shape index (κ3) is 4.26. The van der Waals surface area contributed by atoms with E-state index in [0.29, 0.717) is 37.9 Å². The fourth-order valence-corrected chi connectivity index (χ4v) is 3.25. The van der Waals surface area contributed by atoms with Crippen LogP contribution in [0.2, 0.25) is 0 Å². The number of benzene rings is 1. The molecule has 0 saturated carbocycles. The van der Waals surface area contributed by atoms with Gasteiger partial charge in [0, 0.05) is 30.9 Å². The molecule has 0 amide bonds. The summed E-state index contributed by atoms with van der Waals surface area (Å²) in [4.78, 5) is 11.1. The van der Waals surface area contributed by atoms with Crippen molar-refractivity contribution in [3.8, 4) is 23.1 Å². The Morgan fingerprint density at radius 2 is 1.97 bits per heavy atom. The number of aliphatic hydroxyl groups is 1. The minimum Gasteiger partial charge on any atom is -0.384 e. The SMILES string of the molecule is Cc1cccc(-c2ccn(-c3cc(N4CCOCC4)nc(C(O)CC#N)n3)n2)c1. The number of rotatable bonds is 5. The first-order valence-electron chi connectivity index (χ1n) is 9.54. The minimum absolute atomic E-state index is 0.0698. The van der Waals surface area contributed by atoms with Crippen LogP contribution in [0.4, 0.5) is 5.82 Å². The first-order valence-corrected chi connectivity index (χ1v) is 9.54. The fraction of sp³-hybridized carbons (Fsp3) is 0.333. The Labute approximate surface area is 169 Å². The van der Waals surface area contributed by atoms with Gasteiger partial charge in [-0.05, 0) is 19.1 Å². The quantitative estimate of drug-likeness (QED) is 0.714. The molecule has 1 aliphatic rings. The van der Waals surface area contributed by atoms with Crippen LogP contribution in [0, 0.1) is 18.3 Å². The van der Waals surface area contributed by atoms with E-state index >= 15 is 0 Å². The van der Waals surface area contributed by atoms with Crippen molar-refractivity contribution in [1.82, 2.24) is 19.7 Å². The predicted molar refractivity (Wildman–Crippen MR) is 108 cm³/mol. The smallest absolute Gasteiger partial charge is 0.162 e. The first kappa shape index (κ1) is 19.1. The molecule has 2 aromatic heterocycles. The van der Waals surface area contributed by atoms with Crippen molar-refractivity contribution in [2.45, 2.75) is 19.4 Å². The van der Waals surface area contributed by atoms with Crippen LogP contribution in [0.25, 0.3) is 17.1 Å². The summed E-state index contributed by atoms with van der Waals surface area (Å²) in [5, 5.41) is 23.9. The summed E-state index contributed by atoms with van der Waals surface area (Å²) in [6, 6.07) is 13.9. The van der Waals surface area contributed by atoms with Gasteiger partial charge < -0.3 is 14.7 Å². The molecule has 148 valence electrons. The van der Waals surface area contributed by atoms with Crippen LogP contribution in [-0.2, 0) is 4.74 Å². The van der Waals surface area contributed by atoms with Crippen LogP contribution >= 0.6 is 0 Å². The van der Waals surface area contributed by atoms with Crippen LogP contribution in [0.1, 0.15) is 23.9 Å². The zero-order valence-electron chi connectivity index (χ0n) is 16.2. The van der Waals surface area contributed by atoms with Gasteiger partial charge in [0.05, 0.1) is 31.4 Å². The molecule has 1 N–H and O–H groups in total. The second kappa shape index (κ2) is 8.39. The number of anilines is 1. The fourth-order valence-electron chi connectivity index (χ4n) is 3.25. The molecule has 1 atom stereocenters. The third-order valence-corrected chi connectivity index (χ3v) is 4.77. The molecule has 1 aliphatic heterocycles. The van der Waals surface area contributed by atoms with Gasteiger partial charge >= 0.3 is 0 Å². The summed E-state index contributed by atoms with van der Waals surface area (Å²) in [7, 11) is 0. The average molecular weight is 390 g/mol. The lowest BCUT2D eigenvalue weighted by Gasteiger charge is -2.28. The van der Waals surface area contributed by atoms with E-state index in [1.165, 1.54) is 0 Å². The third-order valence-electron chi connectivity index (χ3n) is 4.77. The van der Waals surface area contributed by atoms with Gasteiger partial charge in [-0.1, -0.05) is 23.8 Å². The van der Waals surface area contributed by atoms with Crippen molar-refractivity contribution >= 4 is 5.82 Å². The second-order valence-corrected chi connectivity index (χ2v) is 6.94. The Morgan fingerprint density at radius 1 is 1.17 bits per heavy atom. The second-order valence-electron chi connectivity index (χ2n) is 6.94. The number of aromatic nitrogens is 4. The molecule has 0 spiro atoms. The Morgan fingerprint density at radius 3 is 2.72 bits per heavy atom. The summed E-state index contributed by atoms with van der Waals surface area (Å²) >= 11 is 0. The highest BCUT2D eigenvalue weighted by Gasteiger charge is 2.19. The molecule has 3 heterocycles. The van der Waals surface area contributed by atoms with E-state index in [1.807, 2.05) is 49.5 Å².